The molecule has 0 aromatic carbocycles. The van der Waals surface area contributed by atoms with Crippen molar-refractivity contribution in [1.82, 2.24) is 25.8 Å². The summed E-state index contributed by atoms with van der Waals surface area (Å²) in [5, 5.41) is 13.9. The third kappa shape index (κ3) is 4.25. The van der Waals surface area contributed by atoms with Crippen LogP contribution in [-0.4, -0.2) is 33.0 Å². The van der Waals surface area contributed by atoms with Crippen molar-refractivity contribution in [3.63, 3.8) is 0 Å². The standard InChI is InChI=1S/C19H19N5O3S/c25-15(3-4-17-23-19(24-27-17)12-5-8-20-9-6-12)21-14-1-2-16(26)22-18(14)13-7-10-28-11-13/h5-11,14,18H,1-4H2,(H,21,25)(H,22,26)/t14-,18+/m1/s1. The molecule has 1 aliphatic rings. The molecule has 2 N–H and O–H groups in total. The molecule has 1 aliphatic heterocycles. The second kappa shape index (κ2) is 8.30. The van der Waals surface area contributed by atoms with Gasteiger partial charge in [-0.2, -0.15) is 16.3 Å². The van der Waals surface area contributed by atoms with Crippen LogP contribution in [-0.2, 0) is 16.0 Å². The third-order valence-electron chi connectivity index (χ3n) is 4.62. The maximum absolute atomic E-state index is 12.4. The monoisotopic (exact) mass is 397 g/mol. The van der Waals surface area contributed by atoms with Gasteiger partial charge in [0, 0.05) is 37.2 Å². The number of pyridine rings is 1. The molecule has 8 nitrogen and oxygen atoms in total. The van der Waals surface area contributed by atoms with E-state index in [0.717, 1.165) is 11.1 Å². The molecule has 144 valence electrons. The number of hydrogen-bond acceptors (Lipinski definition) is 7. The van der Waals surface area contributed by atoms with Crippen molar-refractivity contribution >= 4 is 23.2 Å². The molecule has 0 radical (unpaired) electrons. The van der Waals surface area contributed by atoms with Crippen molar-refractivity contribution in [3.05, 3.63) is 52.8 Å². The van der Waals surface area contributed by atoms with Crippen LogP contribution < -0.4 is 10.6 Å². The van der Waals surface area contributed by atoms with E-state index in [2.05, 4.69) is 25.8 Å². The quantitative estimate of drug-likeness (QED) is 0.660. The zero-order chi connectivity index (χ0) is 19.3. The lowest BCUT2D eigenvalue weighted by Crippen LogP contribution is -2.50. The summed E-state index contributed by atoms with van der Waals surface area (Å²) < 4.78 is 5.24. The number of aryl methyl sites for hydroxylation is 1. The first-order valence-corrected chi connectivity index (χ1v) is 9.97. The number of piperidine rings is 1. The Labute approximate surface area is 165 Å². The number of carbonyl (C=O) groups excluding carboxylic acids is 2. The number of aromatic nitrogens is 3. The summed E-state index contributed by atoms with van der Waals surface area (Å²) >= 11 is 1.57. The summed E-state index contributed by atoms with van der Waals surface area (Å²) in [5.41, 5.74) is 1.83. The molecule has 0 aliphatic carbocycles. The Morgan fingerprint density at radius 3 is 2.96 bits per heavy atom. The Bertz CT molecular complexity index is 942. The molecule has 9 heteroatoms. The highest BCUT2D eigenvalue weighted by Gasteiger charge is 2.31. The first-order chi connectivity index (χ1) is 13.7. The average Bonchev–Trinajstić information content (AvgIpc) is 3.41. The molecule has 3 aromatic rings. The van der Waals surface area contributed by atoms with Crippen LogP contribution in [0.4, 0.5) is 0 Å². The largest absolute Gasteiger partial charge is 0.351 e. The minimum absolute atomic E-state index is 0.0104. The Hall–Kier alpha value is -3.07. The van der Waals surface area contributed by atoms with Crippen molar-refractivity contribution in [1.29, 1.82) is 0 Å². The van der Waals surface area contributed by atoms with Crippen LogP contribution in [0.3, 0.4) is 0 Å². The van der Waals surface area contributed by atoms with Gasteiger partial charge in [0.25, 0.3) is 0 Å². The third-order valence-corrected chi connectivity index (χ3v) is 5.32. The maximum atomic E-state index is 12.4. The molecule has 1 saturated heterocycles. The van der Waals surface area contributed by atoms with Crippen LogP contribution >= 0.6 is 11.3 Å². The van der Waals surface area contributed by atoms with Crippen LogP contribution in [0.2, 0.25) is 0 Å². The Morgan fingerprint density at radius 2 is 2.18 bits per heavy atom. The fourth-order valence-electron chi connectivity index (χ4n) is 3.20. The molecule has 3 aromatic heterocycles. The van der Waals surface area contributed by atoms with Gasteiger partial charge in [0.15, 0.2) is 0 Å². The molecule has 0 spiro atoms. The number of nitrogens with zero attached hydrogens (tertiary/aromatic N) is 3. The van der Waals surface area contributed by atoms with Crippen LogP contribution in [0.1, 0.15) is 36.8 Å². The predicted octanol–water partition coefficient (Wildman–Crippen LogP) is 2.26. The lowest BCUT2D eigenvalue weighted by molar-refractivity contribution is -0.127. The highest BCUT2D eigenvalue weighted by Crippen LogP contribution is 2.26. The molecule has 2 atom stereocenters. The molecular weight excluding hydrogens is 378 g/mol. The molecular formula is C19H19N5O3S. The average molecular weight is 397 g/mol. The van der Waals surface area contributed by atoms with E-state index in [1.807, 2.05) is 16.8 Å². The number of thiophene rings is 1. The number of amides is 2. The van der Waals surface area contributed by atoms with Gasteiger partial charge >= 0.3 is 0 Å². The predicted molar refractivity (Wildman–Crippen MR) is 102 cm³/mol. The van der Waals surface area contributed by atoms with E-state index < -0.39 is 0 Å². The van der Waals surface area contributed by atoms with E-state index in [9.17, 15) is 9.59 Å². The summed E-state index contributed by atoms with van der Waals surface area (Å²) in [7, 11) is 0. The summed E-state index contributed by atoms with van der Waals surface area (Å²) in [6.45, 7) is 0. The topological polar surface area (TPSA) is 110 Å². The van der Waals surface area contributed by atoms with Crippen molar-refractivity contribution in [2.24, 2.45) is 0 Å². The highest BCUT2D eigenvalue weighted by molar-refractivity contribution is 7.08. The second-order valence-electron chi connectivity index (χ2n) is 6.56. The molecule has 0 saturated carbocycles. The van der Waals surface area contributed by atoms with Gasteiger partial charge in [-0.1, -0.05) is 5.16 Å². The van der Waals surface area contributed by atoms with Crippen molar-refractivity contribution in [2.75, 3.05) is 0 Å². The van der Waals surface area contributed by atoms with E-state index in [4.69, 9.17) is 4.52 Å². The Kier molecular flexibility index (Phi) is 5.43. The zero-order valence-corrected chi connectivity index (χ0v) is 15.8. The van der Waals surface area contributed by atoms with E-state index in [1.165, 1.54) is 0 Å². The molecule has 0 bridgehead atoms. The van der Waals surface area contributed by atoms with Crippen molar-refractivity contribution in [2.45, 2.75) is 37.8 Å². The van der Waals surface area contributed by atoms with Crippen LogP contribution in [0, 0.1) is 0 Å². The van der Waals surface area contributed by atoms with Gasteiger partial charge in [0.2, 0.25) is 23.5 Å². The summed E-state index contributed by atoms with van der Waals surface area (Å²) in [4.78, 5) is 32.5. The smallest absolute Gasteiger partial charge is 0.227 e. The highest BCUT2D eigenvalue weighted by atomic mass is 32.1. The SMILES string of the molecule is O=C(CCc1nc(-c2ccncc2)no1)N[C@@H]1CCC(=O)N[C@H]1c1ccsc1. The van der Waals surface area contributed by atoms with E-state index in [1.54, 1.807) is 35.9 Å². The summed E-state index contributed by atoms with van der Waals surface area (Å²) in [5.74, 6) is 0.792. The lowest BCUT2D eigenvalue weighted by atomic mass is 9.93. The number of rotatable bonds is 6. The van der Waals surface area contributed by atoms with Gasteiger partial charge in [-0.15, -0.1) is 0 Å². The van der Waals surface area contributed by atoms with E-state index in [0.29, 0.717) is 31.0 Å². The van der Waals surface area contributed by atoms with Crippen molar-refractivity contribution < 1.29 is 14.1 Å². The first-order valence-electron chi connectivity index (χ1n) is 9.03. The maximum Gasteiger partial charge on any atom is 0.227 e. The number of hydrogen-bond donors (Lipinski definition) is 2. The van der Waals surface area contributed by atoms with Gasteiger partial charge in [-0.3, -0.25) is 14.6 Å². The summed E-state index contributed by atoms with van der Waals surface area (Å²) in [6, 6.07) is 5.24. The fourth-order valence-corrected chi connectivity index (χ4v) is 3.89. The normalized spacial score (nSPS) is 19.2. The Balaban J connectivity index is 1.34. The number of carbonyl (C=O) groups is 2. The van der Waals surface area contributed by atoms with E-state index in [-0.39, 0.29) is 30.3 Å². The number of nitrogens with one attached hydrogen (secondary N) is 2. The van der Waals surface area contributed by atoms with Gasteiger partial charge in [-0.05, 0) is 40.9 Å². The van der Waals surface area contributed by atoms with Crippen LogP contribution in [0.5, 0.6) is 0 Å². The molecule has 28 heavy (non-hydrogen) atoms. The van der Waals surface area contributed by atoms with Crippen LogP contribution in [0.25, 0.3) is 11.4 Å². The minimum Gasteiger partial charge on any atom is -0.351 e. The second-order valence-corrected chi connectivity index (χ2v) is 7.34. The molecule has 2 amide bonds. The molecule has 4 heterocycles. The van der Waals surface area contributed by atoms with Gasteiger partial charge in [0.05, 0.1) is 12.1 Å². The lowest BCUT2D eigenvalue weighted by Gasteiger charge is -2.32. The fraction of sp³-hybridized carbons (Fsp3) is 0.316. The Morgan fingerprint density at radius 1 is 1.32 bits per heavy atom. The molecule has 1 fully saturated rings. The summed E-state index contributed by atoms with van der Waals surface area (Å²) in [6.07, 6.45) is 4.93. The van der Waals surface area contributed by atoms with Gasteiger partial charge < -0.3 is 15.2 Å². The van der Waals surface area contributed by atoms with Crippen LogP contribution in [0.15, 0.2) is 45.9 Å². The minimum atomic E-state index is -0.196. The van der Waals surface area contributed by atoms with Crippen molar-refractivity contribution in [3.8, 4) is 11.4 Å². The zero-order valence-electron chi connectivity index (χ0n) is 15.0. The molecule has 4 rings (SSSR count). The first kappa shape index (κ1) is 18.3. The van der Waals surface area contributed by atoms with E-state index >= 15 is 0 Å². The van der Waals surface area contributed by atoms with Gasteiger partial charge in [0.1, 0.15) is 0 Å². The molecule has 0 unspecified atom stereocenters. The van der Waals surface area contributed by atoms with Gasteiger partial charge in [-0.25, -0.2) is 0 Å².